The van der Waals surface area contributed by atoms with Gasteiger partial charge in [-0.1, -0.05) is 26.0 Å². The topological polar surface area (TPSA) is 41.9 Å². The van der Waals surface area contributed by atoms with Gasteiger partial charge in [-0.25, -0.2) is 4.99 Å². The summed E-state index contributed by atoms with van der Waals surface area (Å²) in [6.07, 6.45) is 1.90. The van der Waals surface area contributed by atoms with Crippen molar-refractivity contribution in [1.29, 1.82) is 0 Å². The summed E-state index contributed by atoms with van der Waals surface area (Å²) < 4.78 is 5.81. The molecule has 2 heterocycles. The molecule has 2 aliphatic heterocycles. The SMILES string of the molecule is CCOc1cc2c3c(c1)[C@@H](C)CC(C)(C)N3C(=O)C2=Nc1ccc(CC)cc1. The second-order valence-corrected chi connectivity index (χ2v) is 8.38. The Balaban J connectivity index is 1.90. The van der Waals surface area contributed by atoms with Gasteiger partial charge in [-0.15, -0.1) is 0 Å². The van der Waals surface area contributed by atoms with Gasteiger partial charge in [0.25, 0.3) is 5.91 Å². The first kappa shape index (κ1) is 18.7. The van der Waals surface area contributed by atoms with Crippen LogP contribution in [-0.4, -0.2) is 23.8 Å². The number of carbonyl (C=O) groups excluding carboxylic acids is 1. The van der Waals surface area contributed by atoms with Gasteiger partial charge >= 0.3 is 0 Å². The summed E-state index contributed by atoms with van der Waals surface area (Å²) >= 11 is 0. The van der Waals surface area contributed by atoms with Gasteiger partial charge in [0, 0.05) is 11.1 Å². The van der Waals surface area contributed by atoms with Crippen molar-refractivity contribution in [3.63, 3.8) is 0 Å². The maximum atomic E-state index is 13.5. The molecule has 4 nitrogen and oxygen atoms in total. The van der Waals surface area contributed by atoms with Crippen LogP contribution < -0.4 is 9.64 Å². The molecule has 0 bridgehead atoms. The zero-order valence-corrected chi connectivity index (χ0v) is 17.4. The highest BCUT2D eigenvalue weighted by Gasteiger charge is 2.48. The lowest BCUT2D eigenvalue weighted by Crippen LogP contribution is -2.50. The summed E-state index contributed by atoms with van der Waals surface area (Å²) in [5, 5.41) is 0. The minimum Gasteiger partial charge on any atom is -0.494 e. The molecule has 0 N–H and O–H groups in total. The minimum atomic E-state index is -0.241. The third-order valence-corrected chi connectivity index (χ3v) is 5.84. The highest BCUT2D eigenvalue weighted by Crippen LogP contribution is 2.50. The third-order valence-electron chi connectivity index (χ3n) is 5.84. The number of aryl methyl sites for hydroxylation is 1. The second-order valence-electron chi connectivity index (χ2n) is 8.38. The van der Waals surface area contributed by atoms with Gasteiger partial charge in [-0.05, 0) is 74.9 Å². The standard InChI is InChI=1S/C24H28N2O2/c1-6-16-8-10-17(11-9-16)25-21-20-13-18(28-7-2)12-19-15(3)14-24(4,5)26(22(19)20)23(21)27/h8-13,15H,6-7,14H2,1-5H3/t15-/m0/s1. The number of hydrogen-bond donors (Lipinski definition) is 0. The molecule has 0 radical (unpaired) electrons. The van der Waals surface area contributed by atoms with Gasteiger partial charge in [0.2, 0.25) is 0 Å². The first-order valence-electron chi connectivity index (χ1n) is 10.2. The first-order chi connectivity index (χ1) is 13.4. The Bertz CT molecular complexity index is 957. The summed E-state index contributed by atoms with van der Waals surface area (Å²) in [5.74, 6) is 1.16. The summed E-state index contributed by atoms with van der Waals surface area (Å²) in [7, 11) is 0. The van der Waals surface area contributed by atoms with Crippen molar-refractivity contribution in [1.82, 2.24) is 0 Å². The molecule has 0 spiro atoms. The van der Waals surface area contributed by atoms with Crippen LogP contribution in [0.5, 0.6) is 5.75 Å². The van der Waals surface area contributed by atoms with E-state index in [1.165, 1.54) is 11.1 Å². The molecule has 2 aromatic rings. The number of aliphatic imine (C=N–C) groups is 1. The zero-order chi connectivity index (χ0) is 20.1. The Labute approximate surface area is 167 Å². The van der Waals surface area contributed by atoms with Crippen LogP contribution in [0.1, 0.15) is 63.6 Å². The van der Waals surface area contributed by atoms with E-state index in [0.717, 1.165) is 35.5 Å². The molecular formula is C24H28N2O2. The van der Waals surface area contributed by atoms with Crippen molar-refractivity contribution in [2.45, 2.75) is 58.9 Å². The highest BCUT2D eigenvalue weighted by atomic mass is 16.5. The fraction of sp³-hybridized carbons (Fsp3) is 0.417. The molecule has 1 amide bonds. The maximum absolute atomic E-state index is 13.5. The Morgan fingerprint density at radius 3 is 2.54 bits per heavy atom. The van der Waals surface area contributed by atoms with Crippen LogP contribution in [0.3, 0.4) is 0 Å². The van der Waals surface area contributed by atoms with Crippen LogP contribution in [-0.2, 0) is 11.2 Å². The van der Waals surface area contributed by atoms with Gasteiger partial charge < -0.3 is 9.64 Å². The molecule has 2 aliphatic rings. The third kappa shape index (κ3) is 2.92. The van der Waals surface area contributed by atoms with Crippen molar-refractivity contribution in [2.24, 2.45) is 4.99 Å². The van der Waals surface area contributed by atoms with Gasteiger partial charge in [0.15, 0.2) is 0 Å². The largest absolute Gasteiger partial charge is 0.494 e. The Hall–Kier alpha value is -2.62. The fourth-order valence-electron chi connectivity index (χ4n) is 4.58. The van der Waals surface area contributed by atoms with Crippen molar-refractivity contribution >= 4 is 23.0 Å². The molecule has 28 heavy (non-hydrogen) atoms. The van der Waals surface area contributed by atoms with Crippen molar-refractivity contribution in [3.05, 3.63) is 53.1 Å². The lowest BCUT2D eigenvalue weighted by Gasteiger charge is -2.43. The number of carbonyl (C=O) groups is 1. The smallest absolute Gasteiger partial charge is 0.278 e. The number of rotatable bonds is 4. The van der Waals surface area contributed by atoms with Crippen LogP contribution in [0.4, 0.5) is 11.4 Å². The van der Waals surface area contributed by atoms with Crippen molar-refractivity contribution < 1.29 is 9.53 Å². The first-order valence-corrected chi connectivity index (χ1v) is 10.2. The predicted molar refractivity (Wildman–Crippen MR) is 114 cm³/mol. The maximum Gasteiger partial charge on any atom is 0.278 e. The second kappa shape index (κ2) is 6.77. The van der Waals surface area contributed by atoms with Crippen LogP contribution in [0.25, 0.3) is 0 Å². The van der Waals surface area contributed by atoms with Crippen molar-refractivity contribution in [2.75, 3.05) is 11.5 Å². The lowest BCUT2D eigenvalue weighted by molar-refractivity contribution is -0.113. The average Bonchev–Trinajstić information content (AvgIpc) is 2.93. The van der Waals surface area contributed by atoms with Gasteiger partial charge in [0.05, 0.1) is 18.0 Å². The summed E-state index contributed by atoms with van der Waals surface area (Å²) in [5.41, 5.74) is 5.43. The van der Waals surface area contributed by atoms with E-state index in [1.54, 1.807) is 0 Å². The molecule has 146 valence electrons. The number of benzene rings is 2. The highest BCUT2D eigenvalue weighted by molar-refractivity contribution is 6.55. The molecule has 0 saturated carbocycles. The molecule has 0 aromatic heterocycles. The zero-order valence-electron chi connectivity index (χ0n) is 17.4. The molecule has 0 unspecified atom stereocenters. The summed E-state index contributed by atoms with van der Waals surface area (Å²) in [6, 6.07) is 12.2. The molecule has 1 atom stereocenters. The number of ether oxygens (including phenoxy) is 1. The van der Waals surface area contributed by atoms with Gasteiger partial charge in [-0.2, -0.15) is 0 Å². The summed E-state index contributed by atoms with van der Waals surface area (Å²) in [6.45, 7) is 11.2. The number of nitrogens with zero attached hydrogens (tertiary/aromatic N) is 2. The van der Waals surface area contributed by atoms with E-state index in [-0.39, 0.29) is 11.4 Å². The number of hydrogen-bond acceptors (Lipinski definition) is 3. The molecule has 2 aromatic carbocycles. The van der Waals surface area contributed by atoms with Gasteiger partial charge in [-0.3, -0.25) is 4.79 Å². The van der Waals surface area contributed by atoms with Crippen LogP contribution >= 0.6 is 0 Å². The number of anilines is 1. The number of amides is 1. The van der Waals surface area contributed by atoms with Gasteiger partial charge in [0.1, 0.15) is 11.5 Å². The predicted octanol–water partition coefficient (Wildman–Crippen LogP) is 5.40. The van der Waals surface area contributed by atoms with Crippen LogP contribution in [0.15, 0.2) is 41.4 Å². The minimum absolute atomic E-state index is 0.0126. The average molecular weight is 377 g/mol. The molecule has 4 rings (SSSR count). The van der Waals surface area contributed by atoms with Crippen LogP contribution in [0.2, 0.25) is 0 Å². The fourth-order valence-corrected chi connectivity index (χ4v) is 4.58. The van der Waals surface area contributed by atoms with E-state index in [9.17, 15) is 4.79 Å². The van der Waals surface area contributed by atoms with E-state index in [0.29, 0.717) is 18.2 Å². The van der Waals surface area contributed by atoms with E-state index >= 15 is 0 Å². The summed E-state index contributed by atoms with van der Waals surface area (Å²) in [4.78, 5) is 20.2. The molecule has 0 saturated heterocycles. The quantitative estimate of drug-likeness (QED) is 0.717. The Morgan fingerprint density at radius 1 is 1.18 bits per heavy atom. The Morgan fingerprint density at radius 2 is 1.89 bits per heavy atom. The molecule has 0 fully saturated rings. The van der Waals surface area contributed by atoms with E-state index in [2.05, 4.69) is 45.9 Å². The molecule has 4 heteroatoms. The van der Waals surface area contributed by atoms with Crippen LogP contribution in [0, 0.1) is 0 Å². The van der Waals surface area contributed by atoms with E-state index in [1.807, 2.05) is 30.0 Å². The van der Waals surface area contributed by atoms with E-state index < -0.39 is 0 Å². The monoisotopic (exact) mass is 376 g/mol. The molecular weight excluding hydrogens is 348 g/mol. The van der Waals surface area contributed by atoms with Crippen molar-refractivity contribution in [3.8, 4) is 5.75 Å². The van der Waals surface area contributed by atoms with E-state index in [4.69, 9.17) is 9.73 Å². The normalized spacial score (nSPS) is 21.2. The lowest BCUT2D eigenvalue weighted by atomic mass is 9.80. The Kier molecular flexibility index (Phi) is 4.53. The molecule has 0 aliphatic carbocycles.